The third kappa shape index (κ3) is 2.79. The van der Waals surface area contributed by atoms with Gasteiger partial charge in [-0.2, -0.15) is 4.68 Å². The molecule has 0 spiro atoms. The smallest absolute Gasteiger partial charge is 0.348 e. The van der Waals surface area contributed by atoms with Crippen LogP contribution in [-0.4, -0.2) is 62.8 Å². The number of aliphatic hydroxyl groups excluding tert-OH is 1. The van der Waals surface area contributed by atoms with E-state index in [4.69, 9.17) is 20.3 Å². The van der Waals surface area contributed by atoms with Gasteiger partial charge in [-0.3, -0.25) is 4.57 Å². The van der Waals surface area contributed by atoms with Gasteiger partial charge < -0.3 is 30.5 Å². The van der Waals surface area contributed by atoms with Gasteiger partial charge in [0.15, 0.2) is 23.2 Å². The maximum atomic E-state index is 10.9. The van der Waals surface area contributed by atoms with Gasteiger partial charge in [0.05, 0.1) is 0 Å². The van der Waals surface area contributed by atoms with E-state index in [9.17, 15) is 14.8 Å². The van der Waals surface area contributed by atoms with E-state index in [0.717, 1.165) is 10.8 Å². The second-order valence-electron chi connectivity index (χ2n) is 5.52. The van der Waals surface area contributed by atoms with E-state index in [1.54, 1.807) is 0 Å². The van der Waals surface area contributed by atoms with Gasteiger partial charge in [-0.05, 0) is 13.0 Å². The molecule has 2 aromatic heterocycles. The standard InChI is InChI=1S/C11H15N6O6P/c1-11(19)7(18)5(2-3-24(20,21)22)23-10(11)17-9-6(15-16-17)8(12)13-4-14-9/h2-5,7,10,18-19H,1H3,(H2,12,13,14)(H2,20,21,22)/b3-2+/t5-,7-,10-,11-/m1/s1. The number of hydrogen-bond acceptors (Lipinski definition) is 9. The Morgan fingerprint density at radius 1 is 1.46 bits per heavy atom. The highest BCUT2D eigenvalue weighted by molar-refractivity contribution is 7.55. The predicted molar refractivity (Wildman–Crippen MR) is 79.3 cm³/mol. The van der Waals surface area contributed by atoms with Crippen molar-refractivity contribution in [3.05, 3.63) is 18.2 Å². The molecule has 4 atom stereocenters. The molecular weight excluding hydrogens is 343 g/mol. The summed E-state index contributed by atoms with van der Waals surface area (Å²) in [5, 5.41) is 28.4. The summed E-state index contributed by atoms with van der Waals surface area (Å²) in [7, 11) is -4.44. The monoisotopic (exact) mass is 358 g/mol. The molecule has 1 saturated heterocycles. The number of aromatic nitrogens is 5. The summed E-state index contributed by atoms with van der Waals surface area (Å²) in [6.45, 7) is 1.30. The number of hydrogen-bond donors (Lipinski definition) is 5. The first kappa shape index (κ1) is 16.9. The number of fused-ring (bicyclic) bond motifs is 1. The molecule has 3 rings (SSSR count). The minimum atomic E-state index is -4.44. The number of aliphatic hydroxyl groups is 2. The average Bonchev–Trinajstić information content (AvgIpc) is 2.99. The van der Waals surface area contributed by atoms with E-state index in [2.05, 4.69) is 20.3 Å². The Morgan fingerprint density at radius 3 is 2.83 bits per heavy atom. The van der Waals surface area contributed by atoms with Gasteiger partial charge in [-0.25, -0.2) is 9.97 Å². The summed E-state index contributed by atoms with van der Waals surface area (Å²) in [5.41, 5.74) is 4.21. The van der Waals surface area contributed by atoms with Crippen LogP contribution < -0.4 is 5.73 Å². The van der Waals surface area contributed by atoms with Crippen molar-refractivity contribution >= 4 is 24.6 Å². The van der Waals surface area contributed by atoms with Crippen LogP contribution in [-0.2, 0) is 9.30 Å². The van der Waals surface area contributed by atoms with Gasteiger partial charge in [0.2, 0.25) is 0 Å². The molecule has 1 aliphatic heterocycles. The Balaban J connectivity index is 2.00. The first-order valence-corrected chi connectivity index (χ1v) is 8.41. The Hall–Kier alpha value is -1.95. The quantitative estimate of drug-likeness (QED) is 0.401. The second-order valence-corrected chi connectivity index (χ2v) is 7.00. The minimum Gasteiger partial charge on any atom is -0.387 e. The molecule has 13 heteroatoms. The number of nitrogens with two attached hydrogens (primary N) is 1. The summed E-state index contributed by atoms with van der Waals surface area (Å²) in [5.74, 6) is 0.682. The molecule has 0 aliphatic carbocycles. The van der Waals surface area contributed by atoms with Crippen molar-refractivity contribution < 1.29 is 29.3 Å². The number of nitrogen functional groups attached to an aromatic ring is 1. The Bertz CT molecular complexity index is 847. The Labute approximate surface area is 134 Å². The molecule has 6 N–H and O–H groups in total. The fourth-order valence-corrected chi connectivity index (χ4v) is 2.83. The van der Waals surface area contributed by atoms with Gasteiger partial charge >= 0.3 is 7.60 Å². The van der Waals surface area contributed by atoms with Crippen LogP contribution in [0.4, 0.5) is 5.82 Å². The highest BCUT2D eigenvalue weighted by Crippen LogP contribution is 2.42. The van der Waals surface area contributed by atoms with Crippen LogP contribution in [0, 0.1) is 0 Å². The van der Waals surface area contributed by atoms with Crippen LogP contribution in [0.2, 0.25) is 0 Å². The van der Waals surface area contributed by atoms with E-state index >= 15 is 0 Å². The molecule has 0 amide bonds. The molecule has 24 heavy (non-hydrogen) atoms. The minimum absolute atomic E-state index is 0.0855. The number of rotatable bonds is 3. The third-order valence-corrected chi connectivity index (χ3v) is 4.24. The molecule has 3 heterocycles. The van der Waals surface area contributed by atoms with E-state index in [0.29, 0.717) is 5.82 Å². The highest BCUT2D eigenvalue weighted by atomic mass is 31.2. The topological polar surface area (TPSA) is 190 Å². The van der Waals surface area contributed by atoms with Gasteiger partial charge in [0, 0.05) is 5.82 Å². The number of nitrogens with zero attached hydrogens (tertiary/aromatic N) is 5. The molecule has 130 valence electrons. The van der Waals surface area contributed by atoms with Crippen molar-refractivity contribution in [2.45, 2.75) is 31.0 Å². The first-order valence-electron chi connectivity index (χ1n) is 6.73. The zero-order valence-corrected chi connectivity index (χ0v) is 13.2. The molecule has 0 unspecified atom stereocenters. The SMILES string of the molecule is C[C@@]1(O)[C@H](O)[C@@H](/C=C/P(=O)(O)O)O[C@H]1n1nnc2c(N)ncnc21. The summed E-state index contributed by atoms with van der Waals surface area (Å²) < 4.78 is 17.6. The van der Waals surface area contributed by atoms with E-state index < -0.39 is 31.6 Å². The van der Waals surface area contributed by atoms with Crippen LogP contribution in [0.5, 0.6) is 0 Å². The van der Waals surface area contributed by atoms with Crippen molar-refractivity contribution in [1.82, 2.24) is 25.0 Å². The zero-order valence-electron chi connectivity index (χ0n) is 12.3. The molecule has 0 aromatic carbocycles. The summed E-state index contributed by atoms with van der Waals surface area (Å²) >= 11 is 0. The van der Waals surface area contributed by atoms with Crippen molar-refractivity contribution in [3.8, 4) is 0 Å². The van der Waals surface area contributed by atoms with E-state index in [1.807, 2.05) is 0 Å². The fourth-order valence-electron chi connectivity index (χ4n) is 2.43. The van der Waals surface area contributed by atoms with E-state index in [1.165, 1.54) is 13.3 Å². The molecule has 1 aliphatic rings. The van der Waals surface area contributed by atoms with Crippen molar-refractivity contribution in [2.24, 2.45) is 0 Å². The summed E-state index contributed by atoms with van der Waals surface area (Å²) in [6.07, 6.45) is -1.68. The van der Waals surface area contributed by atoms with Crippen LogP contribution in [0.15, 0.2) is 18.2 Å². The number of ether oxygens (including phenoxy) is 1. The van der Waals surface area contributed by atoms with Crippen LogP contribution >= 0.6 is 7.60 Å². The van der Waals surface area contributed by atoms with Crippen molar-refractivity contribution in [3.63, 3.8) is 0 Å². The van der Waals surface area contributed by atoms with E-state index in [-0.39, 0.29) is 17.0 Å². The average molecular weight is 358 g/mol. The first-order chi connectivity index (χ1) is 11.1. The fraction of sp³-hybridized carbons (Fsp3) is 0.455. The molecule has 0 saturated carbocycles. The van der Waals surface area contributed by atoms with Crippen LogP contribution in [0.25, 0.3) is 11.2 Å². The molecule has 0 radical (unpaired) electrons. The lowest BCUT2D eigenvalue weighted by Crippen LogP contribution is -2.43. The summed E-state index contributed by atoms with van der Waals surface area (Å²) in [4.78, 5) is 25.5. The number of anilines is 1. The maximum absolute atomic E-state index is 10.9. The Morgan fingerprint density at radius 2 is 2.17 bits per heavy atom. The van der Waals surface area contributed by atoms with Crippen molar-refractivity contribution in [1.29, 1.82) is 0 Å². The normalized spacial score (nSPS) is 31.3. The van der Waals surface area contributed by atoms with Gasteiger partial charge in [-0.1, -0.05) is 5.21 Å². The predicted octanol–water partition coefficient (Wildman–Crippen LogP) is -1.50. The lowest BCUT2D eigenvalue weighted by atomic mass is 9.96. The lowest BCUT2D eigenvalue weighted by molar-refractivity contribution is -0.0987. The lowest BCUT2D eigenvalue weighted by Gasteiger charge is -2.26. The molecule has 2 aromatic rings. The van der Waals surface area contributed by atoms with Gasteiger partial charge in [0.25, 0.3) is 0 Å². The highest BCUT2D eigenvalue weighted by Gasteiger charge is 2.53. The molecule has 12 nitrogen and oxygen atoms in total. The molecular formula is C11H15N6O6P. The van der Waals surface area contributed by atoms with Crippen molar-refractivity contribution in [2.75, 3.05) is 5.73 Å². The summed E-state index contributed by atoms with van der Waals surface area (Å²) in [6, 6.07) is 0. The third-order valence-electron chi connectivity index (χ3n) is 3.68. The second kappa shape index (κ2) is 5.55. The van der Waals surface area contributed by atoms with Crippen LogP contribution in [0.1, 0.15) is 13.2 Å². The largest absolute Gasteiger partial charge is 0.387 e. The Kier molecular flexibility index (Phi) is 3.91. The molecule has 0 bridgehead atoms. The zero-order chi connectivity index (χ0) is 17.7. The van der Waals surface area contributed by atoms with Crippen LogP contribution in [0.3, 0.4) is 0 Å². The van der Waals surface area contributed by atoms with Gasteiger partial charge in [0.1, 0.15) is 24.1 Å². The molecule has 1 fully saturated rings. The van der Waals surface area contributed by atoms with Gasteiger partial charge in [-0.15, -0.1) is 5.10 Å². The maximum Gasteiger partial charge on any atom is 0.348 e.